The number of alkyl halides is 2. The summed E-state index contributed by atoms with van der Waals surface area (Å²) in [6.45, 7) is 0. The largest absolute Gasteiger partial charge is 0.474 e. The minimum Gasteiger partial charge on any atom is -0.474 e. The van der Waals surface area contributed by atoms with Gasteiger partial charge in [0.1, 0.15) is 17.3 Å². The van der Waals surface area contributed by atoms with E-state index in [2.05, 4.69) is 29.0 Å². The lowest BCUT2D eigenvalue weighted by molar-refractivity contribution is -0.143. The lowest BCUT2D eigenvalue weighted by Crippen LogP contribution is -2.36. The summed E-state index contributed by atoms with van der Waals surface area (Å²) >= 11 is 1.51. The summed E-state index contributed by atoms with van der Waals surface area (Å²) < 4.78 is 34.3. The van der Waals surface area contributed by atoms with Crippen molar-refractivity contribution in [2.24, 2.45) is 5.73 Å². The number of nitrogens with zero attached hydrogens (tertiary/aromatic N) is 3. The molecule has 9 heteroatoms. The van der Waals surface area contributed by atoms with E-state index >= 15 is 0 Å². The second-order valence-electron chi connectivity index (χ2n) is 8.32. The monoisotopic (exact) mass is 424 g/mol. The van der Waals surface area contributed by atoms with Crippen LogP contribution in [0.5, 0.6) is 5.88 Å². The number of fused-ring (bicyclic) bond motifs is 3. The number of carbonyl (C=O) groups excluding carboxylic acids is 1. The van der Waals surface area contributed by atoms with Crippen molar-refractivity contribution in [1.82, 2.24) is 14.9 Å². The minimum absolute atomic E-state index is 0.0618. The number of aryl methyl sites for hydroxylation is 1. The van der Waals surface area contributed by atoms with Crippen molar-refractivity contribution >= 4 is 27.5 Å². The van der Waals surface area contributed by atoms with Crippen molar-refractivity contribution in [3.63, 3.8) is 0 Å². The number of thiophene rings is 1. The molecule has 2 aromatic heterocycles. The maximum absolute atomic E-state index is 14.0. The quantitative estimate of drug-likeness (QED) is 0.768. The lowest BCUT2D eigenvalue weighted by Gasteiger charge is -2.32. The van der Waals surface area contributed by atoms with Crippen LogP contribution in [0.2, 0.25) is 0 Å². The molecule has 158 valence electrons. The molecule has 4 rings (SSSR count). The smallest absolute Gasteiger partial charge is 0.324 e. The van der Waals surface area contributed by atoms with Crippen molar-refractivity contribution < 1.29 is 18.3 Å². The first kappa shape index (κ1) is 20.4. The molecule has 0 saturated heterocycles. The number of hydrogen-bond donors (Lipinski definition) is 1. The summed E-state index contributed by atoms with van der Waals surface area (Å²) in [6.07, 6.45) is 6.21. The summed E-state index contributed by atoms with van der Waals surface area (Å²) in [5.41, 5.74) is 5.73. The molecule has 2 aliphatic carbocycles. The Morgan fingerprint density at radius 1 is 1.28 bits per heavy atom. The fourth-order valence-corrected chi connectivity index (χ4v) is 5.81. The van der Waals surface area contributed by atoms with Crippen molar-refractivity contribution in [3.05, 3.63) is 16.8 Å². The van der Waals surface area contributed by atoms with Crippen molar-refractivity contribution in [3.8, 4) is 5.88 Å². The number of rotatable bonds is 6. The standard InChI is InChI=1S/C20H26F2N4O2S/c1-26(2)12-4-6-13(7-5-12)28-17-16-15-11(9-20(21,22)19(23)27)3-8-14(15)29-18(16)25-10-24-17/h10-13H,3-9H2,1-2H3,(H2,23,27). The third-order valence-corrected chi connectivity index (χ3v) is 7.38. The van der Waals surface area contributed by atoms with Crippen molar-refractivity contribution in [2.75, 3.05) is 14.1 Å². The lowest BCUT2D eigenvalue weighted by atomic mass is 9.92. The third-order valence-electron chi connectivity index (χ3n) is 6.21. The Balaban J connectivity index is 1.60. The molecule has 2 heterocycles. The Kier molecular flexibility index (Phi) is 5.46. The van der Waals surface area contributed by atoms with Crippen molar-refractivity contribution in [2.45, 2.75) is 68.9 Å². The van der Waals surface area contributed by atoms with E-state index in [1.165, 1.54) is 17.7 Å². The molecule has 1 amide bonds. The predicted octanol–water partition coefficient (Wildman–Crippen LogP) is 3.48. The second kappa shape index (κ2) is 7.75. The number of nitrogens with two attached hydrogens (primary N) is 1. The molecule has 1 unspecified atom stereocenters. The number of hydrogen-bond acceptors (Lipinski definition) is 6. The molecule has 0 spiro atoms. The zero-order valence-corrected chi connectivity index (χ0v) is 17.5. The van der Waals surface area contributed by atoms with Crippen LogP contribution in [0.25, 0.3) is 10.2 Å². The van der Waals surface area contributed by atoms with Crippen LogP contribution in [0.4, 0.5) is 8.78 Å². The minimum atomic E-state index is -3.53. The van der Waals surface area contributed by atoms with Crippen LogP contribution in [-0.2, 0) is 11.2 Å². The van der Waals surface area contributed by atoms with Crippen LogP contribution >= 0.6 is 11.3 Å². The average molecular weight is 425 g/mol. The van der Waals surface area contributed by atoms with Gasteiger partial charge >= 0.3 is 5.92 Å². The van der Waals surface area contributed by atoms with Gasteiger partial charge in [0.25, 0.3) is 5.91 Å². The van der Waals surface area contributed by atoms with E-state index in [-0.39, 0.29) is 6.10 Å². The first-order chi connectivity index (χ1) is 13.8. The first-order valence-corrected chi connectivity index (χ1v) is 10.8. The molecule has 1 atom stereocenters. The Bertz CT molecular complexity index is 909. The maximum Gasteiger partial charge on any atom is 0.324 e. The van der Waals surface area contributed by atoms with Gasteiger partial charge < -0.3 is 15.4 Å². The molecule has 0 aromatic carbocycles. The molecule has 2 aromatic rings. The summed E-state index contributed by atoms with van der Waals surface area (Å²) in [5, 5.41) is 0.741. The van der Waals surface area contributed by atoms with Gasteiger partial charge in [-0.15, -0.1) is 11.3 Å². The van der Waals surface area contributed by atoms with Gasteiger partial charge in [0.05, 0.1) is 5.39 Å². The van der Waals surface area contributed by atoms with Gasteiger partial charge in [-0.3, -0.25) is 4.79 Å². The molecule has 2 N–H and O–H groups in total. The molecular formula is C20H26F2N4O2S. The van der Waals surface area contributed by atoms with Gasteiger partial charge in [0.2, 0.25) is 5.88 Å². The van der Waals surface area contributed by atoms with Gasteiger partial charge in [-0.2, -0.15) is 8.78 Å². The Labute approximate surface area is 172 Å². The highest BCUT2D eigenvalue weighted by Gasteiger charge is 2.43. The Hall–Kier alpha value is -1.87. The van der Waals surface area contributed by atoms with Gasteiger partial charge in [0, 0.05) is 17.3 Å². The summed E-state index contributed by atoms with van der Waals surface area (Å²) in [6, 6.07) is 0.561. The number of aromatic nitrogens is 2. The number of ether oxygens (including phenoxy) is 1. The Morgan fingerprint density at radius 3 is 2.66 bits per heavy atom. The van der Waals surface area contributed by atoms with E-state index in [9.17, 15) is 13.6 Å². The van der Waals surface area contributed by atoms with Gasteiger partial charge in [-0.25, -0.2) is 9.97 Å². The van der Waals surface area contributed by atoms with Crippen LogP contribution in [0.3, 0.4) is 0 Å². The highest BCUT2D eigenvalue weighted by molar-refractivity contribution is 7.19. The highest BCUT2D eigenvalue weighted by Crippen LogP contribution is 2.49. The first-order valence-electron chi connectivity index (χ1n) is 10.0. The van der Waals surface area contributed by atoms with Crippen LogP contribution in [0, 0.1) is 0 Å². The number of carbonyl (C=O) groups is 1. The molecule has 1 saturated carbocycles. The molecule has 0 bridgehead atoms. The van der Waals surface area contributed by atoms with Gasteiger partial charge in [-0.05, 0) is 64.1 Å². The second-order valence-corrected chi connectivity index (χ2v) is 9.40. The highest BCUT2D eigenvalue weighted by atomic mass is 32.1. The van der Waals surface area contributed by atoms with Crippen LogP contribution < -0.4 is 10.5 Å². The molecule has 1 fully saturated rings. The van der Waals surface area contributed by atoms with Crippen molar-refractivity contribution in [1.29, 1.82) is 0 Å². The summed E-state index contributed by atoms with van der Waals surface area (Å²) in [4.78, 5) is 23.9. The van der Waals surface area contributed by atoms with E-state index in [1.54, 1.807) is 0 Å². The molecule has 29 heavy (non-hydrogen) atoms. The number of primary amides is 1. The molecule has 6 nitrogen and oxygen atoms in total. The zero-order valence-electron chi connectivity index (χ0n) is 16.7. The average Bonchev–Trinajstić information content (AvgIpc) is 3.22. The predicted molar refractivity (Wildman–Crippen MR) is 108 cm³/mol. The van der Waals surface area contributed by atoms with Crippen LogP contribution in [0.1, 0.15) is 54.9 Å². The molecule has 0 radical (unpaired) electrons. The third kappa shape index (κ3) is 3.94. The maximum atomic E-state index is 14.0. The van der Waals surface area contributed by atoms with Crippen LogP contribution in [-0.4, -0.2) is 52.9 Å². The van der Waals surface area contributed by atoms with E-state index < -0.39 is 24.2 Å². The van der Waals surface area contributed by atoms with E-state index in [1.807, 2.05) is 0 Å². The fraction of sp³-hybridized carbons (Fsp3) is 0.650. The van der Waals surface area contributed by atoms with E-state index in [0.717, 1.165) is 46.3 Å². The normalized spacial score (nSPS) is 24.8. The molecular weight excluding hydrogens is 398 g/mol. The summed E-state index contributed by atoms with van der Waals surface area (Å²) in [5.74, 6) is -5.06. The number of amides is 1. The van der Waals surface area contributed by atoms with Gasteiger partial charge in [0.15, 0.2) is 0 Å². The van der Waals surface area contributed by atoms with Gasteiger partial charge in [-0.1, -0.05) is 0 Å². The topological polar surface area (TPSA) is 81.3 Å². The van der Waals surface area contributed by atoms with Crippen LogP contribution in [0.15, 0.2) is 6.33 Å². The number of halogens is 2. The zero-order chi connectivity index (χ0) is 20.8. The fourth-order valence-electron chi connectivity index (χ4n) is 4.58. The SMILES string of the molecule is CN(C)C1CCC(Oc2ncnc3sc4c(c23)C(CC(F)(F)C(N)=O)CC4)CC1. The molecule has 2 aliphatic rings. The molecule has 0 aliphatic heterocycles. The Morgan fingerprint density at radius 2 is 2.00 bits per heavy atom. The van der Waals surface area contributed by atoms with E-state index in [0.29, 0.717) is 24.8 Å². The van der Waals surface area contributed by atoms with E-state index in [4.69, 9.17) is 10.5 Å². The summed E-state index contributed by atoms with van der Waals surface area (Å²) in [7, 11) is 4.19.